The van der Waals surface area contributed by atoms with Crippen molar-refractivity contribution in [3.05, 3.63) is 22.7 Å². The summed E-state index contributed by atoms with van der Waals surface area (Å²) in [6.45, 7) is 5.11. The van der Waals surface area contributed by atoms with E-state index >= 15 is 0 Å². The van der Waals surface area contributed by atoms with Gasteiger partial charge in [0.25, 0.3) is 0 Å². The third-order valence-electron chi connectivity index (χ3n) is 2.65. The predicted octanol–water partition coefficient (Wildman–Crippen LogP) is 1.17. The second-order valence-electron chi connectivity index (χ2n) is 5.67. The lowest BCUT2D eigenvalue weighted by atomic mass is 10.2. The Kier molecular flexibility index (Phi) is 5.09. The summed E-state index contributed by atoms with van der Waals surface area (Å²) in [5.41, 5.74) is -1.51. The van der Waals surface area contributed by atoms with Gasteiger partial charge < -0.3 is 14.6 Å². The predicted molar refractivity (Wildman–Crippen MR) is 81.8 cm³/mol. The fraction of sp³-hybridized carbons (Fsp3) is 0.615. The summed E-state index contributed by atoms with van der Waals surface area (Å²) < 4.78 is 11.9. The number of nitrogens with zero attached hydrogens (tertiary/aromatic N) is 2. The SMILES string of the molecule is CC(C)(C)OC(=O)Nc1ccn([C@H]2CS[C@@H](CO)O2)c(=O)n1. The van der Waals surface area contributed by atoms with Crippen LogP contribution in [0.4, 0.5) is 10.6 Å². The Bertz CT molecular complexity index is 598. The first-order valence-corrected chi connectivity index (χ1v) is 7.80. The molecule has 0 spiro atoms. The van der Waals surface area contributed by atoms with Gasteiger partial charge in [-0.15, -0.1) is 11.8 Å². The number of anilines is 1. The van der Waals surface area contributed by atoms with Crippen molar-refractivity contribution >= 4 is 23.7 Å². The van der Waals surface area contributed by atoms with Gasteiger partial charge in [-0.3, -0.25) is 9.88 Å². The van der Waals surface area contributed by atoms with Crippen molar-refractivity contribution in [3.8, 4) is 0 Å². The molecule has 1 fully saturated rings. The standard InChI is InChI=1S/C13H19N3O5S/c1-13(2,3)21-12(19)15-8-4-5-16(11(18)14-8)9-7-22-10(6-17)20-9/h4-5,9-10,17H,6-7H2,1-3H3,(H,14,15,18,19)/t9-,10+/m1/s1. The van der Waals surface area contributed by atoms with Crippen molar-refractivity contribution in [2.45, 2.75) is 38.0 Å². The van der Waals surface area contributed by atoms with Crippen LogP contribution in [0, 0.1) is 0 Å². The van der Waals surface area contributed by atoms with Crippen molar-refractivity contribution in [1.82, 2.24) is 9.55 Å². The van der Waals surface area contributed by atoms with Gasteiger partial charge in [-0.05, 0) is 26.8 Å². The van der Waals surface area contributed by atoms with Gasteiger partial charge in [-0.1, -0.05) is 0 Å². The fourth-order valence-corrected chi connectivity index (χ4v) is 2.73. The van der Waals surface area contributed by atoms with Crippen LogP contribution in [0.5, 0.6) is 0 Å². The number of hydrogen-bond acceptors (Lipinski definition) is 7. The van der Waals surface area contributed by atoms with E-state index in [1.807, 2.05) is 0 Å². The molecule has 8 nitrogen and oxygen atoms in total. The van der Waals surface area contributed by atoms with Gasteiger partial charge in [-0.2, -0.15) is 4.98 Å². The van der Waals surface area contributed by atoms with E-state index in [0.717, 1.165) is 0 Å². The number of aliphatic hydroxyl groups excluding tert-OH is 1. The van der Waals surface area contributed by atoms with Crippen LogP contribution in [0.15, 0.2) is 17.1 Å². The number of aromatic nitrogens is 2. The van der Waals surface area contributed by atoms with Crippen LogP contribution in [0.1, 0.15) is 27.0 Å². The first-order chi connectivity index (χ1) is 10.3. The third kappa shape index (κ3) is 4.46. The van der Waals surface area contributed by atoms with Crippen molar-refractivity contribution in [2.75, 3.05) is 17.7 Å². The van der Waals surface area contributed by atoms with Gasteiger partial charge in [0, 0.05) is 11.9 Å². The second-order valence-corrected chi connectivity index (χ2v) is 6.86. The minimum atomic E-state index is -0.676. The zero-order valence-corrected chi connectivity index (χ0v) is 13.4. The quantitative estimate of drug-likeness (QED) is 0.858. The van der Waals surface area contributed by atoms with Crippen LogP contribution < -0.4 is 11.0 Å². The minimum Gasteiger partial charge on any atom is -0.444 e. The lowest BCUT2D eigenvalue weighted by molar-refractivity contribution is -0.00629. The van der Waals surface area contributed by atoms with Gasteiger partial charge in [-0.25, -0.2) is 9.59 Å². The molecule has 2 heterocycles. The molecule has 0 bridgehead atoms. The summed E-state index contributed by atoms with van der Waals surface area (Å²) in [6, 6.07) is 1.49. The number of aliphatic hydroxyl groups is 1. The van der Waals surface area contributed by atoms with Gasteiger partial charge >= 0.3 is 11.8 Å². The largest absolute Gasteiger partial charge is 0.444 e. The summed E-state index contributed by atoms with van der Waals surface area (Å²) in [7, 11) is 0. The van der Waals surface area contributed by atoms with E-state index in [9.17, 15) is 9.59 Å². The van der Waals surface area contributed by atoms with Crippen molar-refractivity contribution < 1.29 is 19.4 Å². The first-order valence-electron chi connectivity index (χ1n) is 6.75. The molecular weight excluding hydrogens is 310 g/mol. The van der Waals surface area contributed by atoms with E-state index < -0.39 is 23.6 Å². The van der Waals surface area contributed by atoms with Crippen LogP contribution >= 0.6 is 11.8 Å². The van der Waals surface area contributed by atoms with E-state index in [1.54, 1.807) is 20.8 Å². The maximum atomic E-state index is 12.0. The maximum absolute atomic E-state index is 12.0. The molecule has 1 aromatic heterocycles. The fourth-order valence-electron chi connectivity index (χ4n) is 1.79. The van der Waals surface area contributed by atoms with Crippen LogP contribution in [-0.4, -0.2) is 44.1 Å². The Balaban J connectivity index is 2.04. The minimum absolute atomic E-state index is 0.109. The number of nitrogens with one attached hydrogen (secondary N) is 1. The van der Waals surface area contributed by atoms with E-state index in [-0.39, 0.29) is 17.9 Å². The highest BCUT2D eigenvalue weighted by Crippen LogP contribution is 2.30. The molecule has 22 heavy (non-hydrogen) atoms. The average molecular weight is 329 g/mol. The molecule has 0 aliphatic carbocycles. The summed E-state index contributed by atoms with van der Waals surface area (Å²) in [5, 5.41) is 11.4. The number of rotatable bonds is 3. The van der Waals surface area contributed by atoms with Crippen LogP contribution in [-0.2, 0) is 9.47 Å². The smallest absolute Gasteiger partial charge is 0.413 e. The molecular formula is C13H19N3O5S. The Labute approximate surface area is 131 Å². The molecule has 1 aliphatic heterocycles. The molecule has 1 aromatic rings. The van der Waals surface area contributed by atoms with Crippen LogP contribution in [0.2, 0.25) is 0 Å². The molecule has 122 valence electrons. The highest BCUT2D eigenvalue weighted by molar-refractivity contribution is 8.00. The average Bonchev–Trinajstić information content (AvgIpc) is 2.85. The van der Waals surface area contributed by atoms with Crippen molar-refractivity contribution in [2.24, 2.45) is 0 Å². The maximum Gasteiger partial charge on any atom is 0.413 e. The molecule has 0 saturated carbocycles. The number of carbonyl (C=O) groups is 1. The highest BCUT2D eigenvalue weighted by atomic mass is 32.2. The molecule has 2 N–H and O–H groups in total. The topological polar surface area (TPSA) is 103 Å². The molecule has 2 atom stereocenters. The molecule has 1 aliphatic rings. The molecule has 1 saturated heterocycles. The number of thioether (sulfide) groups is 1. The molecule has 0 unspecified atom stereocenters. The zero-order valence-electron chi connectivity index (χ0n) is 12.6. The third-order valence-corrected chi connectivity index (χ3v) is 3.76. The van der Waals surface area contributed by atoms with Gasteiger partial charge in [0.1, 0.15) is 23.1 Å². The lowest BCUT2D eigenvalue weighted by Crippen LogP contribution is -2.31. The summed E-state index contributed by atoms with van der Waals surface area (Å²) >= 11 is 1.43. The van der Waals surface area contributed by atoms with E-state index in [1.165, 1.54) is 28.6 Å². The van der Waals surface area contributed by atoms with Gasteiger partial charge in [0.05, 0.1) is 6.61 Å². The van der Waals surface area contributed by atoms with Crippen LogP contribution in [0.25, 0.3) is 0 Å². The van der Waals surface area contributed by atoms with E-state index in [4.69, 9.17) is 14.6 Å². The number of amides is 1. The monoisotopic (exact) mass is 329 g/mol. The van der Waals surface area contributed by atoms with Crippen molar-refractivity contribution in [3.63, 3.8) is 0 Å². The summed E-state index contributed by atoms with van der Waals surface area (Å²) in [4.78, 5) is 27.4. The molecule has 0 radical (unpaired) electrons. The Morgan fingerprint density at radius 3 is 2.91 bits per heavy atom. The Morgan fingerprint density at radius 1 is 1.64 bits per heavy atom. The van der Waals surface area contributed by atoms with Crippen molar-refractivity contribution in [1.29, 1.82) is 0 Å². The summed E-state index contributed by atoms with van der Waals surface area (Å²) in [6.07, 6.45) is 0.343. The molecule has 0 aromatic carbocycles. The molecule has 9 heteroatoms. The number of ether oxygens (including phenoxy) is 2. The number of carbonyl (C=O) groups excluding carboxylic acids is 1. The van der Waals surface area contributed by atoms with Crippen LogP contribution in [0.3, 0.4) is 0 Å². The second kappa shape index (κ2) is 6.67. The lowest BCUT2D eigenvalue weighted by Gasteiger charge is -2.19. The summed E-state index contributed by atoms with van der Waals surface area (Å²) in [5.74, 6) is 0.658. The Hall–Kier alpha value is -1.58. The Morgan fingerprint density at radius 2 is 2.36 bits per heavy atom. The van der Waals surface area contributed by atoms with E-state index in [0.29, 0.717) is 5.75 Å². The van der Waals surface area contributed by atoms with Gasteiger partial charge in [0.2, 0.25) is 0 Å². The normalized spacial score (nSPS) is 21.6. The molecule has 2 rings (SSSR count). The highest BCUT2D eigenvalue weighted by Gasteiger charge is 2.27. The molecule has 1 amide bonds. The number of hydrogen-bond donors (Lipinski definition) is 2. The zero-order chi connectivity index (χ0) is 16.3. The van der Waals surface area contributed by atoms with Gasteiger partial charge in [0.15, 0.2) is 0 Å². The first kappa shape index (κ1) is 16.8. The van der Waals surface area contributed by atoms with E-state index in [2.05, 4.69) is 10.3 Å².